The summed E-state index contributed by atoms with van der Waals surface area (Å²) in [6, 6.07) is 14.1. The quantitative estimate of drug-likeness (QED) is 0.225. The molecule has 0 aliphatic carbocycles. The summed E-state index contributed by atoms with van der Waals surface area (Å²) < 4.78 is 1.87. The molecule has 0 aliphatic rings. The van der Waals surface area contributed by atoms with Gasteiger partial charge in [0.2, 0.25) is 5.91 Å². The summed E-state index contributed by atoms with van der Waals surface area (Å²) in [7, 11) is 0. The van der Waals surface area contributed by atoms with E-state index in [0.717, 1.165) is 5.56 Å². The van der Waals surface area contributed by atoms with Crippen LogP contribution in [-0.4, -0.2) is 32.3 Å². The Bertz CT molecular complexity index is 1200. The molecule has 0 aliphatic heterocycles. The van der Waals surface area contributed by atoms with E-state index >= 15 is 0 Å². The van der Waals surface area contributed by atoms with Crippen LogP contribution in [0.5, 0.6) is 0 Å². The standard InChI is InChI=1S/C26H29Cl2N5O2S/c1-4-12-33-24(22(13-17(2)3)30-25(35)20-11-10-19(27)14-21(20)28)31-32-26(33)36-16-23(34)29-15-18-8-6-5-7-9-18/h4-11,14,17,22H,1,12-13,15-16H2,2-3H3,(H,29,34)(H,30,35)/t22-/m1/s1. The van der Waals surface area contributed by atoms with Crippen LogP contribution in [0.25, 0.3) is 0 Å². The van der Waals surface area contributed by atoms with E-state index in [1.807, 2.05) is 34.9 Å². The summed E-state index contributed by atoms with van der Waals surface area (Å²) in [5.74, 6) is 0.607. The normalized spacial score (nSPS) is 11.8. The van der Waals surface area contributed by atoms with Crippen LogP contribution >= 0.6 is 35.0 Å². The summed E-state index contributed by atoms with van der Waals surface area (Å²) in [6.07, 6.45) is 2.37. The maximum absolute atomic E-state index is 13.0. The Labute approximate surface area is 225 Å². The first kappa shape index (κ1) is 27.8. The molecular weight excluding hydrogens is 517 g/mol. The molecule has 1 heterocycles. The van der Waals surface area contributed by atoms with Crippen LogP contribution in [0.15, 0.2) is 66.3 Å². The highest BCUT2D eigenvalue weighted by Crippen LogP contribution is 2.27. The number of carbonyl (C=O) groups excluding carboxylic acids is 2. The predicted octanol–water partition coefficient (Wildman–Crippen LogP) is 5.70. The van der Waals surface area contributed by atoms with E-state index in [1.165, 1.54) is 17.8 Å². The minimum atomic E-state index is -0.419. The minimum absolute atomic E-state index is 0.108. The fraction of sp³-hybridized carbons (Fsp3) is 0.308. The van der Waals surface area contributed by atoms with Crippen LogP contribution < -0.4 is 10.6 Å². The van der Waals surface area contributed by atoms with Gasteiger partial charge < -0.3 is 15.2 Å². The molecule has 190 valence electrons. The number of amides is 2. The third kappa shape index (κ3) is 7.85. The van der Waals surface area contributed by atoms with Gasteiger partial charge in [0.1, 0.15) is 0 Å². The molecule has 10 heteroatoms. The number of aromatic nitrogens is 3. The fourth-order valence-corrected chi connectivity index (χ4v) is 4.83. The molecule has 0 bridgehead atoms. The summed E-state index contributed by atoms with van der Waals surface area (Å²) in [5.41, 5.74) is 1.36. The SMILES string of the molecule is C=CCn1c(SCC(=O)NCc2ccccc2)nnc1[C@@H](CC(C)C)NC(=O)c1ccc(Cl)cc1Cl. The molecule has 0 saturated heterocycles. The second-order valence-electron chi connectivity index (χ2n) is 8.57. The van der Waals surface area contributed by atoms with Crippen LogP contribution in [-0.2, 0) is 17.9 Å². The highest BCUT2D eigenvalue weighted by molar-refractivity contribution is 7.99. The topological polar surface area (TPSA) is 88.9 Å². The average molecular weight is 547 g/mol. The van der Waals surface area contributed by atoms with Crippen LogP contribution in [0.2, 0.25) is 10.0 Å². The van der Waals surface area contributed by atoms with Crippen molar-refractivity contribution in [3.05, 3.63) is 88.2 Å². The van der Waals surface area contributed by atoms with Crippen LogP contribution in [0.3, 0.4) is 0 Å². The van der Waals surface area contributed by atoms with Gasteiger partial charge in [-0.1, -0.05) is 85.2 Å². The van der Waals surface area contributed by atoms with Gasteiger partial charge in [0.25, 0.3) is 5.91 Å². The molecule has 3 rings (SSSR count). The monoisotopic (exact) mass is 545 g/mol. The van der Waals surface area contributed by atoms with Crippen molar-refractivity contribution in [2.45, 2.75) is 44.6 Å². The molecule has 2 amide bonds. The molecule has 7 nitrogen and oxygen atoms in total. The molecule has 2 aromatic carbocycles. The van der Waals surface area contributed by atoms with E-state index in [1.54, 1.807) is 18.2 Å². The van der Waals surface area contributed by atoms with Gasteiger partial charge in [-0.2, -0.15) is 0 Å². The molecule has 3 aromatic rings. The van der Waals surface area contributed by atoms with Crippen molar-refractivity contribution in [2.75, 3.05) is 5.75 Å². The summed E-state index contributed by atoms with van der Waals surface area (Å²) in [4.78, 5) is 25.5. The third-order valence-electron chi connectivity index (χ3n) is 5.22. The zero-order chi connectivity index (χ0) is 26.1. The predicted molar refractivity (Wildman–Crippen MR) is 145 cm³/mol. The van der Waals surface area contributed by atoms with Crippen molar-refractivity contribution < 1.29 is 9.59 Å². The van der Waals surface area contributed by atoms with Gasteiger partial charge in [0, 0.05) is 18.1 Å². The Morgan fingerprint density at radius 3 is 2.56 bits per heavy atom. The Balaban J connectivity index is 1.74. The Hall–Kier alpha value is -2.81. The number of halogens is 2. The first-order valence-electron chi connectivity index (χ1n) is 11.5. The molecule has 0 spiro atoms. The molecule has 0 saturated carbocycles. The molecule has 0 radical (unpaired) electrons. The number of rotatable bonds is 12. The maximum atomic E-state index is 13.0. The van der Waals surface area contributed by atoms with Crippen molar-refractivity contribution in [1.82, 2.24) is 25.4 Å². The average Bonchev–Trinajstić information content (AvgIpc) is 3.24. The summed E-state index contributed by atoms with van der Waals surface area (Å²) in [6.45, 7) is 8.86. The van der Waals surface area contributed by atoms with Crippen LogP contribution in [0, 0.1) is 5.92 Å². The molecule has 0 fully saturated rings. The lowest BCUT2D eigenvalue weighted by Crippen LogP contribution is -2.32. The zero-order valence-electron chi connectivity index (χ0n) is 20.2. The van der Waals surface area contributed by atoms with Crippen molar-refractivity contribution >= 4 is 46.8 Å². The molecule has 36 heavy (non-hydrogen) atoms. The second-order valence-corrected chi connectivity index (χ2v) is 10.4. The van der Waals surface area contributed by atoms with E-state index in [0.29, 0.717) is 41.1 Å². The zero-order valence-corrected chi connectivity index (χ0v) is 22.5. The van der Waals surface area contributed by atoms with Crippen molar-refractivity contribution in [1.29, 1.82) is 0 Å². The van der Waals surface area contributed by atoms with E-state index < -0.39 is 6.04 Å². The number of hydrogen-bond donors (Lipinski definition) is 2. The first-order valence-corrected chi connectivity index (χ1v) is 13.3. The molecule has 1 atom stereocenters. The smallest absolute Gasteiger partial charge is 0.253 e. The number of hydrogen-bond acceptors (Lipinski definition) is 5. The van der Waals surface area contributed by atoms with E-state index in [9.17, 15) is 9.59 Å². The van der Waals surface area contributed by atoms with Crippen molar-refractivity contribution in [3.8, 4) is 0 Å². The van der Waals surface area contributed by atoms with Gasteiger partial charge in [-0.15, -0.1) is 16.8 Å². The third-order valence-corrected chi connectivity index (χ3v) is 6.74. The number of nitrogens with one attached hydrogen (secondary N) is 2. The van der Waals surface area contributed by atoms with Gasteiger partial charge in [-0.05, 0) is 36.1 Å². The second kappa shape index (κ2) is 13.5. The lowest BCUT2D eigenvalue weighted by molar-refractivity contribution is -0.118. The van der Waals surface area contributed by atoms with Crippen molar-refractivity contribution in [3.63, 3.8) is 0 Å². The largest absolute Gasteiger partial charge is 0.351 e. The highest BCUT2D eigenvalue weighted by atomic mass is 35.5. The number of thioether (sulfide) groups is 1. The number of carbonyl (C=O) groups is 2. The Morgan fingerprint density at radius 1 is 1.14 bits per heavy atom. The van der Waals surface area contributed by atoms with Crippen LogP contribution in [0.4, 0.5) is 0 Å². The highest BCUT2D eigenvalue weighted by Gasteiger charge is 2.25. The van der Waals surface area contributed by atoms with Crippen LogP contribution in [0.1, 0.15) is 48.1 Å². The first-order chi connectivity index (χ1) is 17.3. The fourth-order valence-electron chi connectivity index (χ4n) is 3.55. The Kier molecular flexibility index (Phi) is 10.4. The van der Waals surface area contributed by atoms with E-state index in [4.69, 9.17) is 23.2 Å². The Morgan fingerprint density at radius 2 is 1.89 bits per heavy atom. The molecule has 2 N–H and O–H groups in total. The maximum Gasteiger partial charge on any atom is 0.253 e. The number of benzene rings is 2. The van der Waals surface area contributed by atoms with Gasteiger partial charge in [-0.3, -0.25) is 9.59 Å². The lowest BCUT2D eigenvalue weighted by Gasteiger charge is -2.21. The van der Waals surface area contributed by atoms with E-state index in [-0.39, 0.29) is 28.5 Å². The molecule has 1 aromatic heterocycles. The summed E-state index contributed by atoms with van der Waals surface area (Å²) >= 11 is 13.5. The molecule has 0 unspecified atom stereocenters. The van der Waals surface area contributed by atoms with Crippen molar-refractivity contribution in [2.24, 2.45) is 5.92 Å². The summed E-state index contributed by atoms with van der Waals surface area (Å²) in [5, 5.41) is 16.0. The number of nitrogens with zero attached hydrogens (tertiary/aromatic N) is 3. The van der Waals surface area contributed by atoms with Gasteiger partial charge in [0.05, 0.1) is 22.4 Å². The van der Waals surface area contributed by atoms with Gasteiger partial charge in [0.15, 0.2) is 11.0 Å². The molecular formula is C26H29Cl2N5O2S. The van der Waals surface area contributed by atoms with E-state index in [2.05, 4.69) is 41.3 Å². The minimum Gasteiger partial charge on any atom is -0.351 e. The number of allylic oxidation sites excluding steroid dienone is 1. The van der Waals surface area contributed by atoms with Gasteiger partial charge in [-0.25, -0.2) is 0 Å². The van der Waals surface area contributed by atoms with Gasteiger partial charge >= 0.3 is 0 Å². The lowest BCUT2D eigenvalue weighted by atomic mass is 10.0.